The highest BCUT2D eigenvalue weighted by molar-refractivity contribution is 6.30. The Kier molecular flexibility index (Phi) is 5.56. The van der Waals surface area contributed by atoms with Crippen LogP contribution in [0.25, 0.3) is 11.1 Å². The molecule has 6 nitrogen and oxygen atoms in total. The lowest BCUT2D eigenvalue weighted by molar-refractivity contribution is -0.122. The standard InChI is InChI=1S/C23H18ClF2N3O3/c1-12-16-9-13(25)3-5-15(16)21-19(7-8-28(2)23(21)32)29(22(12)31)11-20(30)27-14-4-6-17(24)18(26)10-14/h3-10,12H,11H2,1-2H3,(H,27,30). The van der Waals surface area contributed by atoms with E-state index in [9.17, 15) is 23.2 Å². The topological polar surface area (TPSA) is 71.4 Å². The van der Waals surface area contributed by atoms with Crippen molar-refractivity contribution in [2.24, 2.45) is 7.05 Å². The lowest BCUT2D eigenvalue weighted by Crippen LogP contribution is -2.40. The van der Waals surface area contributed by atoms with Gasteiger partial charge in [-0.2, -0.15) is 0 Å². The number of benzene rings is 2. The van der Waals surface area contributed by atoms with Gasteiger partial charge in [-0.15, -0.1) is 0 Å². The number of nitrogens with zero attached hydrogens (tertiary/aromatic N) is 2. The highest BCUT2D eigenvalue weighted by Gasteiger charge is 2.34. The highest BCUT2D eigenvalue weighted by atomic mass is 35.5. The largest absolute Gasteiger partial charge is 0.324 e. The van der Waals surface area contributed by atoms with Gasteiger partial charge in [0.25, 0.3) is 5.56 Å². The molecule has 32 heavy (non-hydrogen) atoms. The predicted octanol–water partition coefficient (Wildman–Crippen LogP) is 4.07. The van der Waals surface area contributed by atoms with E-state index in [1.54, 1.807) is 20.0 Å². The van der Waals surface area contributed by atoms with Crippen LogP contribution in [0.2, 0.25) is 5.02 Å². The van der Waals surface area contributed by atoms with Crippen molar-refractivity contribution in [3.05, 3.63) is 81.2 Å². The molecule has 164 valence electrons. The van der Waals surface area contributed by atoms with E-state index >= 15 is 0 Å². The zero-order valence-electron chi connectivity index (χ0n) is 17.2. The number of hydrogen-bond donors (Lipinski definition) is 1. The molecule has 4 rings (SSSR count). The number of pyridine rings is 1. The molecule has 0 bridgehead atoms. The number of carbonyl (C=O) groups is 2. The summed E-state index contributed by atoms with van der Waals surface area (Å²) in [4.78, 5) is 40.2. The number of carbonyl (C=O) groups excluding carboxylic acids is 2. The number of hydrogen-bond acceptors (Lipinski definition) is 3. The molecule has 0 spiro atoms. The Balaban J connectivity index is 1.77. The quantitative estimate of drug-likeness (QED) is 0.644. The maximum Gasteiger partial charge on any atom is 0.260 e. The summed E-state index contributed by atoms with van der Waals surface area (Å²) in [7, 11) is 1.56. The summed E-state index contributed by atoms with van der Waals surface area (Å²) in [6.07, 6.45) is 1.49. The summed E-state index contributed by atoms with van der Waals surface area (Å²) in [5, 5.41) is 2.44. The summed E-state index contributed by atoms with van der Waals surface area (Å²) in [6.45, 7) is 1.17. The van der Waals surface area contributed by atoms with Crippen molar-refractivity contribution in [2.75, 3.05) is 16.8 Å². The molecule has 1 aliphatic rings. The van der Waals surface area contributed by atoms with E-state index in [0.29, 0.717) is 11.1 Å². The third-order valence-corrected chi connectivity index (χ3v) is 5.73. The van der Waals surface area contributed by atoms with Crippen molar-refractivity contribution in [3.8, 4) is 11.1 Å². The maximum absolute atomic E-state index is 14.0. The molecule has 1 aliphatic heterocycles. The Morgan fingerprint density at radius 2 is 1.88 bits per heavy atom. The van der Waals surface area contributed by atoms with Crippen molar-refractivity contribution in [3.63, 3.8) is 0 Å². The molecular formula is C23H18ClF2N3O3. The van der Waals surface area contributed by atoms with Gasteiger partial charge >= 0.3 is 0 Å². The van der Waals surface area contributed by atoms with Crippen molar-refractivity contribution in [2.45, 2.75) is 12.8 Å². The van der Waals surface area contributed by atoms with Crippen LogP contribution in [0.3, 0.4) is 0 Å². The first-order chi connectivity index (χ1) is 15.2. The molecule has 1 aromatic heterocycles. The van der Waals surface area contributed by atoms with E-state index in [4.69, 9.17) is 11.6 Å². The van der Waals surface area contributed by atoms with E-state index in [2.05, 4.69) is 5.32 Å². The SMILES string of the molecule is CC1C(=O)N(CC(=O)Nc2ccc(Cl)c(F)c2)c2ccn(C)c(=O)c2-c2ccc(F)cc21. The summed E-state index contributed by atoms with van der Waals surface area (Å²) in [5.41, 5.74) is 1.03. The third-order valence-electron chi connectivity index (χ3n) is 5.43. The molecule has 2 heterocycles. The van der Waals surface area contributed by atoms with Crippen LogP contribution in [0.15, 0.2) is 53.5 Å². The molecule has 9 heteroatoms. The summed E-state index contributed by atoms with van der Waals surface area (Å²) in [5.74, 6) is -3.11. The van der Waals surface area contributed by atoms with Gasteiger partial charge in [0, 0.05) is 18.9 Å². The monoisotopic (exact) mass is 457 g/mol. The van der Waals surface area contributed by atoms with Gasteiger partial charge < -0.3 is 14.8 Å². The lowest BCUT2D eigenvalue weighted by Gasteiger charge is -2.24. The highest BCUT2D eigenvalue weighted by Crippen LogP contribution is 2.39. The zero-order chi connectivity index (χ0) is 23.2. The fourth-order valence-electron chi connectivity index (χ4n) is 3.78. The molecular weight excluding hydrogens is 440 g/mol. The minimum Gasteiger partial charge on any atom is -0.324 e. The average Bonchev–Trinajstić information content (AvgIpc) is 2.83. The van der Waals surface area contributed by atoms with Crippen LogP contribution in [0.1, 0.15) is 18.4 Å². The first-order valence-electron chi connectivity index (χ1n) is 9.73. The normalized spacial score (nSPS) is 15.1. The number of halogens is 3. The van der Waals surface area contributed by atoms with E-state index in [1.165, 1.54) is 46.0 Å². The van der Waals surface area contributed by atoms with Gasteiger partial charge in [0.1, 0.15) is 18.2 Å². The molecule has 2 aromatic carbocycles. The van der Waals surface area contributed by atoms with Crippen LogP contribution in [-0.4, -0.2) is 22.9 Å². The van der Waals surface area contributed by atoms with Gasteiger partial charge in [0.2, 0.25) is 11.8 Å². The maximum atomic E-state index is 14.0. The number of amides is 2. The molecule has 2 amide bonds. The fourth-order valence-corrected chi connectivity index (χ4v) is 3.90. The third kappa shape index (κ3) is 3.78. The Morgan fingerprint density at radius 1 is 1.12 bits per heavy atom. The Hall–Kier alpha value is -3.52. The first-order valence-corrected chi connectivity index (χ1v) is 10.1. The van der Waals surface area contributed by atoms with Gasteiger partial charge in [-0.1, -0.05) is 17.7 Å². The van der Waals surface area contributed by atoms with Crippen LogP contribution >= 0.6 is 11.6 Å². The van der Waals surface area contributed by atoms with E-state index < -0.39 is 35.9 Å². The molecule has 1 atom stereocenters. The Bertz CT molecular complexity index is 1320. The van der Waals surface area contributed by atoms with Gasteiger partial charge in [-0.05, 0) is 54.4 Å². The van der Waals surface area contributed by atoms with Crippen LogP contribution in [0.5, 0.6) is 0 Å². The van der Waals surface area contributed by atoms with Gasteiger partial charge in [0.15, 0.2) is 0 Å². The number of fused-ring (bicyclic) bond motifs is 3. The number of aromatic nitrogens is 1. The van der Waals surface area contributed by atoms with E-state index in [1.807, 2.05) is 0 Å². The Morgan fingerprint density at radius 3 is 2.59 bits per heavy atom. The zero-order valence-corrected chi connectivity index (χ0v) is 17.9. The summed E-state index contributed by atoms with van der Waals surface area (Å²) in [6, 6.07) is 9.28. The predicted molar refractivity (Wildman–Crippen MR) is 118 cm³/mol. The minimum absolute atomic E-state index is 0.0886. The second-order valence-electron chi connectivity index (χ2n) is 7.55. The van der Waals surface area contributed by atoms with Crippen molar-refractivity contribution < 1.29 is 18.4 Å². The Labute approximate surface area is 187 Å². The van der Waals surface area contributed by atoms with Crippen LogP contribution < -0.4 is 15.8 Å². The number of aryl methyl sites for hydroxylation is 1. The van der Waals surface area contributed by atoms with Crippen LogP contribution in [-0.2, 0) is 16.6 Å². The minimum atomic E-state index is -0.807. The first kappa shape index (κ1) is 21.7. The lowest BCUT2D eigenvalue weighted by atomic mass is 9.92. The average molecular weight is 458 g/mol. The van der Waals surface area contributed by atoms with Gasteiger partial charge in [-0.25, -0.2) is 8.78 Å². The molecule has 0 saturated carbocycles. The van der Waals surface area contributed by atoms with Crippen molar-refractivity contribution in [1.29, 1.82) is 0 Å². The second kappa shape index (κ2) is 8.20. The molecule has 1 unspecified atom stereocenters. The number of rotatable bonds is 3. The fraction of sp³-hybridized carbons (Fsp3) is 0.174. The summed E-state index contributed by atoms with van der Waals surface area (Å²) >= 11 is 5.67. The van der Waals surface area contributed by atoms with Crippen molar-refractivity contribution >= 4 is 34.8 Å². The van der Waals surface area contributed by atoms with E-state index in [0.717, 1.165) is 6.07 Å². The second-order valence-corrected chi connectivity index (χ2v) is 7.95. The molecule has 0 saturated heterocycles. The number of anilines is 2. The van der Waals surface area contributed by atoms with Gasteiger partial charge in [-0.3, -0.25) is 14.4 Å². The molecule has 1 N–H and O–H groups in total. The summed E-state index contributed by atoms with van der Waals surface area (Å²) < 4.78 is 29.0. The van der Waals surface area contributed by atoms with Crippen LogP contribution in [0, 0.1) is 11.6 Å². The van der Waals surface area contributed by atoms with Crippen LogP contribution in [0.4, 0.5) is 20.2 Å². The molecule has 3 aromatic rings. The van der Waals surface area contributed by atoms with E-state index in [-0.39, 0.29) is 27.5 Å². The van der Waals surface area contributed by atoms with Gasteiger partial charge in [0.05, 0.1) is 22.2 Å². The molecule has 0 fully saturated rings. The smallest absolute Gasteiger partial charge is 0.260 e. The molecule has 0 aliphatic carbocycles. The number of nitrogens with one attached hydrogen (secondary N) is 1. The molecule has 0 radical (unpaired) electrons. The van der Waals surface area contributed by atoms with Crippen molar-refractivity contribution in [1.82, 2.24) is 4.57 Å².